The summed E-state index contributed by atoms with van der Waals surface area (Å²) in [6.07, 6.45) is 0.173. The van der Waals surface area contributed by atoms with Gasteiger partial charge in [-0.3, -0.25) is 4.79 Å². The molecule has 1 aromatic heterocycles. The molecular weight excluding hydrogens is 391 g/mol. The standard InChI is InChI=1S/C26H21FN2O2/c1-31-25-11-3-2-8-22(25)24-10-5-9-23(29-24)19-6-4-7-21(17-19)28-26(30)16-18-12-14-20(27)15-13-18/h2-15,17H,16H2,1H3,(H,28,30). The number of methoxy groups -OCH3 is 1. The van der Waals surface area contributed by atoms with Crippen molar-refractivity contribution in [1.82, 2.24) is 4.98 Å². The van der Waals surface area contributed by atoms with Crippen LogP contribution in [0.3, 0.4) is 0 Å². The highest BCUT2D eigenvalue weighted by Crippen LogP contribution is 2.30. The molecule has 4 aromatic rings. The second kappa shape index (κ2) is 9.22. The molecule has 0 radical (unpaired) electrons. The molecular formula is C26H21FN2O2. The van der Waals surface area contributed by atoms with Crippen molar-refractivity contribution in [2.75, 3.05) is 12.4 Å². The monoisotopic (exact) mass is 412 g/mol. The van der Waals surface area contributed by atoms with E-state index in [1.807, 2.05) is 66.7 Å². The molecule has 0 aliphatic carbocycles. The molecule has 0 atom stereocenters. The van der Waals surface area contributed by atoms with Gasteiger partial charge in [0.15, 0.2) is 0 Å². The van der Waals surface area contributed by atoms with E-state index < -0.39 is 0 Å². The van der Waals surface area contributed by atoms with Crippen molar-refractivity contribution >= 4 is 11.6 Å². The van der Waals surface area contributed by atoms with Gasteiger partial charge in [0.2, 0.25) is 5.91 Å². The van der Waals surface area contributed by atoms with Gasteiger partial charge in [-0.2, -0.15) is 0 Å². The summed E-state index contributed by atoms with van der Waals surface area (Å²) in [5.74, 6) is 0.271. The highest BCUT2D eigenvalue weighted by atomic mass is 19.1. The van der Waals surface area contributed by atoms with Gasteiger partial charge in [0.05, 0.1) is 24.9 Å². The quantitative estimate of drug-likeness (QED) is 0.439. The van der Waals surface area contributed by atoms with Gasteiger partial charge in [0.1, 0.15) is 11.6 Å². The van der Waals surface area contributed by atoms with Crippen LogP contribution >= 0.6 is 0 Å². The van der Waals surface area contributed by atoms with Crippen LogP contribution in [0.5, 0.6) is 5.75 Å². The lowest BCUT2D eigenvalue weighted by Crippen LogP contribution is -2.14. The average molecular weight is 412 g/mol. The molecule has 1 heterocycles. The Morgan fingerprint density at radius 2 is 1.65 bits per heavy atom. The van der Waals surface area contributed by atoms with Gasteiger partial charge in [-0.05, 0) is 54.1 Å². The Morgan fingerprint density at radius 1 is 0.903 bits per heavy atom. The summed E-state index contributed by atoms with van der Waals surface area (Å²) in [7, 11) is 1.64. The number of anilines is 1. The number of hydrogen-bond donors (Lipinski definition) is 1. The number of aromatic nitrogens is 1. The van der Waals surface area contributed by atoms with Crippen LogP contribution in [0.15, 0.2) is 91.0 Å². The second-order valence-electron chi connectivity index (χ2n) is 7.04. The molecule has 0 aliphatic heterocycles. The third-order valence-corrected chi connectivity index (χ3v) is 4.85. The molecule has 3 aromatic carbocycles. The number of nitrogens with one attached hydrogen (secondary N) is 1. The zero-order valence-electron chi connectivity index (χ0n) is 17.0. The van der Waals surface area contributed by atoms with E-state index in [0.29, 0.717) is 5.69 Å². The van der Waals surface area contributed by atoms with E-state index in [-0.39, 0.29) is 18.1 Å². The van der Waals surface area contributed by atoms with E-state index in [1.54, 1.807) is 19.2 Å². The summed E-state index contributed by atoms with van der Waals surface area (Å²) in [5.41, 5.74) is 4.82. The molecule has 1 N–H and O–H groups in total. The van der Waals surface area contributed by atoms with Crippen LogP contribution in [-0.4, -0.2) is 18.0 Å². The molecule has 0 spiro atoms. The van der Waals surface area contributed by atoms with Gasteiger partial charge in [0, 0.05) is 16.8 Å². The molecule has 1 amide bonds. The van der Waals surface area contributed by atoms with Gasteiger partial charge in [-0.1, -0.05) is 42.5 Å². The molecule has 154 valence electrons. The predicted molar refractivity (Wildman–Crippen MR) is 120 cm³/mol. The van der Waals surface area contributed by atoms with Crippen LogP contribution in [0.4, 0.5) is 10.1 Å². The van der Waals surface area contributed by atoms with E-state index in [1.165, 1.54) is 12.1 Å². The zero-order valence-corrected chi connectivity index (χ0v) is 17.0. The fourth-order valence-electron chi connectivity index (χ4n) is 3.35. The van der Waals surface area contributed by atoms with E-state index in [4.69, 9.17) is 9.72 Å². The van der Waals surface area contributed by atoms with E-state index in [2.05, 4.69) is 5.32 Å². The summed E-state index contributed by atoms with van der Waals surface area (Å²) in [5, 5.41) is 2.90. The van der Waals surface area contributed by atoms with Crippen LogP contribution < -0.4 is 10.1 Å². The Morgan fingerprint density at radius 3 is 2.45 bits per heavy atom. The van der Waals surface area contributed by atoms with Crippen molar-refractivity contribution in [2.24, 2.45) is 0 Å². The maximum absolute atomic E-state index is 13.0. The fraction of sp³-hybridized carbons (Fsp3) is 0.0769. The molecule has 31 heavy (non-hydrogen) atoms. The third kappa shape index (κ3) is 4.95. The number of halogens is 1. The molecule has 4 nitrogen and oxygen atoms in total. The molecule has 0 unspecified atom stereocenters. The Bertz CT molecular complexity index is 1210. The number of amides is 1. The zero-order chi connectivity index (χ0) is 21.6. The normalized spacial score (nSPS) is 10.5. The SMILES string of the molecule is COc1ccccc1-c1cccc(-c2cccc(NC(=O)Cc3ccc(F)cc3)c2)n1. The number of pyridine rings is 1. The maximum atomic E-state index is 13.0. The van der Waals surface area contributed by atoms with Crippen molar-refractivity contribution in [2.45, 2.75) is 6.42 Å². The lowest BCUT2D eigenvalue weighted by molar-refractivity contribution is -0.115. The maximum Gasteiger partial charge on any atom is 0.228 e. The number of para-hydroxylation sites is 1. The summed E-state index contributed by atoms with van der Waals surface area (Å²) in [6.45, 7) is 0. The number of carbonyl (C=O) groups excluding carboxylic acids is 1. The van der Waals surface area contributed by atoms with Gasteiger partial charge >= 0.3 is 0 Å². The first kappa shape index (κ1) is 20.3. The van der Waals surface area contributed by atoms with Gasteiger partial charge in [-0.25, -0.2) is 9.37 Å². The summed E-state index contributed by atoms with van der Waals surface area (Å²) in [6, 6.07) is 27.0. The Kier molecular flexibility index (Phi) is 6.03. The number of nitrogens with zero attached hydrogens (tertiary/aromatic N) is 1. The minimum atomic E-state index is -0.320. The van der Waals surface area contributed by atoms with Crippen LogP contribution in [0.1, 0.15) is 5.56 Å². The largest absolute Gasteiger partial charge is 0.496 e. The first-order valence-corrected chi connectivity index (χ1v) is 9.87. The van der Waals surface area contributed by atoms with Crippen molar-refractivity contribution < 1.29 is 13.9 Å². The first-order valence-electron chi connectivity index (χ1n) is 9.87. The highest BCUT2D eigenvalue weighted by Gasteiger charge is 2.09. The lowest BCUT2D eigenvalue weighted by Gasteiger charge is -2.10. The van der Waals surface area contributed by atoms with Crippen LogP contribution in [0, 0.1) is 5.82 Å². The van der Waals surface area contributed by atoms with Crippen molar-refractivity contribution in [3.05, 3.63) is 102 Å². The average Bonchev–Trinajstić information content (AvgIpc) is 2.81. The Hall–Kier alpha value is -3.99. The van der Waals surface area contributed by atoms with E-state index >= 15 is 0 Å². The molecule has 0 bridgehead atoms. The lowest BCUT2D eigenvalue weighted by atomic mass is 10.1. The van der Waals surface area contributed by atoms with Gasteiger partial charge < -0.3 is 10.1 Å². The summed E-state index contributed by atoms with van der Waals surface area (Å²) >= 11 is 0. The van der Waals surface area contributed by atoms with Gasteiger partial charge in [0.25, 0.3) is 0 Å². The summed E-state index contributed by atoms with van der Waals surface area (Å²) in [4.78, 5) is 17.2. The van der Waals surface area contributed by atoms with Crippen LogP contribution in [-0.2, 0) is 11.2 Å². The third-order valence-electron chi connectivity index (χ3n) is 4.85. The molecule has 0 fully saturated rings. The van der Waals surface area contributed by atoms with Crippen LogP contribution in [0.25, 0.3) is 22.5 Å². The van der Waals surface area contributed by atoms with Gasteiger partial charge in [-0.15, -0.1) is 0 Å². The molecule has 4 rings (SSSR count). The highest BCUT2D eigenvalue weighted by molar-refractivity contribution is 5.92. The van der Waals surface area contributed by atoms with Crippen molar-refractivity contribution in [3.63, 3.8) is 0 Å². The predicted octanol–water partition coefficient (Wildman–Crippen LogP) is 5.74. The summed E-state index contributed by atoms with van der Waals surface area (Å²) < 4.78 is 18.5. The smallest absolute Gasteiger partial charge is 0.228 e. The number of benzene rings is 3. The molecule has 0 aliphatic rings. The fourth-order valence-corrected chi connectivity index (χ4v) is 3.35. The van der Waals surface area contributed by atoms with Crippen molar-refractivity contribution in [1.29, 1.82) is 0 Å². The first-order chi connectivity index (χ1) is 15.1. The molecule has 0 saturated carbocycles. The number of ether oxygens (including phenoxy) is 1. The number of hydrogen-bond acceptors (Lipinski definition) is 3. The minimum absolute atomic E-state index is 0.167. The number of carbonyl (C=O) groups is 1. The Labute approximate surface area is 180 Å². The van der Waals surface area contributed by atoms with Crippen molar-refractivity contribution in [3.8, 4) is 28.3 Å². The second-order valence-corrected chi connectivity index (χ2v) is 7.04. The number of rotatable bonds is 6. The van der Waals surface area contributed by atoms with E-state index in [0.717, 1.165) is 33.8 Å². The van der Waals surface area contributed by atoms with E-state index in [9.17, 15) is 9.18 Å². The van der Waals surface area contributed by atoms with Crippen LogP contribution in [0.2, 0.25) is 0 Å². The molecule has 5 heteroatoms. The molecule has 0 saturated heterocycles. The topological polar surface area (TPSA) is 51.2 Å². The minimum Gasteiger partial charge on any atom is -0.496 e. The Balaban J connectivity index is 1.54.